The second-order valence-electron chi connectivity index (χ2n) is 3.10. The molecule has 1 fully saturated rings. The second kappa shape index (κ2) is 1.31. The molecule has 1 saturated carbocycles. The Morgan fingerprint density at radius 1 is 1.56 bits per heavy atom. The molecule has 1 heterocycles. The van der Waals surface area contributed by atoms with Crippen molar-refractivity contribution in [3.63, 3.8) is 0 Å². The van der Waals surface area contributed by atoms with Gasteiger partial charge in [-0.25, -0.2) is 0 Å². The van der Waals surface area contributed by atoms with Crippen LogP contribution in [0.3, 0.4) is 0 Å². The van der Waals surface area contributed by atoms with E-state index < -0.39 is 0 Å². The molecule has 1 aliphatic heterocycles. The summed E-state index contributed by atoms with van der Waals surface area (Å²) in [5.74, 6) is 1.42. The maximum Gasteiger partial charge on any atom is 0.170 e. The van der Waals surface area contributed by atoms with Crippen LogP contribution in [0.5, 0.6) is 0 Å². The molecule has 0 radical (unpaired) electrons. The van der Waals surface area contributed by atoms with Crippen molar-refractivity contribution in [2.24, 2.45) is 16.8 Å². The van der Waals surface area contributed by atoms with Gasteiger partial charge in [0, 0.05) is 11.8 Å². The number of aliphatic imine (C=N–C) groups is 1. The van der Waals surface area contributed by atoms with Crippen molar-refractivity contribution in [1.82, 2.24) is 0 Å². The molecule has 0 N–H and O–H groups in total. The van der Waals surface area contributed by atoms with E-state index in [0.717, 1.165) is 6.54 Å². The van der Waals surface area contributed by atoms with Gasteiger partial charge in [0.15, 0.2) is 6.40 Å². The second-order valence-corrected chi connectivity index (χ2v) is 3.10. The average molecular weight is 125 g/mol. The maximum atomic E-state index is 5.38. The van der Waals surface area contributed by atoms with Crippen LogP contribution in [0.15, 0.2) is 4.99 Å². The van der Waals surface area contributed by atoms with Gasteiger partial charge in [-0.3, -0.25) is 4.99 Å². The molecule has 0 aromatic carbocycles. The van der Waals surface area contributed by atoms with Crippen LogP contribution in [0.25, 0.3) is 0 Å². The van der Waals surface area contributed by atoms with Crippen molar-refractivity contribution in [2.75, 3.05) is 6.54 Å². The summed E-state index contributed by atoms with van der Waals surface area (Å²) in [5, 5.41) is 0. The Labute approximate surface area is 54.9 Å². The van der Waals surface area contributed by atoms with Crippen LogP contribution in [0.2, 0.25) is 0 Å². The van der Waals surface area contributed by atoms with Gasteiger partial charge in [-0.15, -0.1) is 0 Å². The van der Waals surface area contributed by atoms with Crippen molar-refractivity contribution in [1.29, 1.82) is 0 Å². The SMILES string of the molecule is CC1C(C)C12CN=CO2. The summed E-state index contributed by atoms with van der Waals surface area (Å²) in [4.78, 5) is 4.05. The normalized spacial score (nSPS) is 54.0. The lowest BCUT2D eigenvalue weighted by Crippen LogP contribution is -2.15. The summed E-state index contributed by atoms with van der Waals surface area (Å²) in [6.07, 6.45) is 1.60. The van der Waals surface area contributed by atoms with Gasteiger partial charge in [0.1, 0.15) is 5.60 Å². The van der Waals surface area contributed by atoms with Crippen LogP contribution in [0, 0.1) is 11.8 Å². The molecule has 0 aromatic rings. The molecule has 2 aliphatic rings. The fourth-order valence-electron chi connectivity index (χ4n) is 1.68. The summed E-state index contributed by atoms with van der Waals surface area (Å²) in [6.45, 7) is 5.33. The minimum atomic E-state index is 0.139. The average Bonchev–Trinajstić information content (AvgIpc) is 2.44. The minimum absolute atomic E-state index is 0.139. The quantitative estimate of drug-likeness (QED) is 0.474. The number of hydrogen-bond donors (Lipinski definition) is 0. The molecule has 2 nitrogen and oxygen atoms in total. The molecule has 0 amide bonds. The lowest BCUT2D eigenvalue weighted by molar-refractivity contribution is 0.181. The zero-order chi connectivity index (χ0) is 6.48. The van der Waals surface area contributed by atoms with Crippen molar-refractivity contribution < 1.29 is 4.74 Å². The van der Waals surface area contributed by atoms with Crippen molar-refractivity contribution in [2.45, 2.75) is 19.4 Å². The van der Waals surface area contributed by atoms with Gasteiger partial charge in [-0.1, -0.05) is 13.8 Å². The third-order valence-electron chi connectivity index (χ3n) is 2.87. The van der Waals surface area contributed by atoms with E-state index in [9.17, 15) is 0 Å². The number of hydrogen-bond acceptors (Lipinski definition) is 2. The topological polar surface area (TPSA) is 21.6 Å². The van der Waals surface area contributed by atoms with Crippen LogP contribution >= 0.6 is 0 Å². The van der Waals surface area contributed by atoms with E-state index in [0.29, 0.717) is 11.8 Å². The monoisotopic (exact) mass is 125 g/mol. The Bertz CT molecular complexity index is 146. The molecule has 0 saturated heterocycles. The summed E-state index contributed by atoms with van der Waals surface area (Å²) >= 11 is 0. The molecular weight excluding hydrogens is 114 g/mol. The number of ether oxygens (including phenoxy) is 1. The largest absolute Gasteiger partial charge is 0.475 e. The molecule has 50 valence electrons. The number of nitrogens with zero attached hydrogens (tertiary/aromatic N) is 1. The summed E-state index contributed by atoms with van der Waals surface area (Å²) < 4.78 is 5.38. The summed E-state index contributed by atoms with van der Waals surface area (Å²) in [7, 11) is 0. The Morgan fingerprint density at radius 2 is 2.22 bits per heavy atom. The van der Waals surface area contributed by atoms with E-state index in [-0.39, 0.29) is 5.60 Å². The maximum absolute atomic E-state index is 5.38. The first-order valence-electron chi connectivity index (χ1n) is 3.43. The molecule has 2 unspecified atom stereocenters. The Kier molecular flexibility index (Phi) is 0.765. The third-order valence-corrected chi connectivity index (χ3v) is 2.87. The summed E-state index contributed by atoms with van der Waals surface area (Å²) in [5.41, 5.74) is 0.139. The molecule has 1 spiro atoms. The molecule has 2 heteroatoms. The smallest absolute Gasteiger partial charge is 0.170 e. The van der Waals surface area contributed by atoms with E-state index in [4.69, 9.17) is 4.74 Å². The lowest BCUT2D eigenvalue weighted by atomic mass is 10.3. The first kappa shape index (κ1) is 5.27. The predicted molar refractivity (Wildman–Crippen MR) is 35.5 cm³/mol. The molecule has 0 aromatic heterocycles. The van der Waals surface area contributed by atoms with Gasteiger partial charge >= 0.3 is 0 Å². The Balaban J connectivity index is 2.14. The van der Waals surface area contributed by atoms with Crippen molar-refractivity contribution in [3.05, 3.63) is 0 Å². The van der Waals surface area contributed by atoms with E-state index in [2.05, 4.69) is 18.8 Å². The van der Waals surface area contributed by atoms with E-state index in [1.807, 2.05) is 0 Å². The van der Waals surface area contributed by atoms with Gasteiger partial charge in [0.05, 0.1) is 6.54 Å². The predicted octanol–water partition coefficient (Wildman–Crippen LogP) is 1.07. The fourth-order valence-corrected chi connectivity index (χ4v) is 1.68. The Morgan fingerprint density at radius 3 is 2.44 bits per heavy atom. The van der Waals surface area contributed by atoms with Crippen LogP contribution < -0.4 is 0 Å². The van der Waals surface area contributed by atoms with E-state index in [1.54, 1.807) is 6.40 Å². The van der Waals surface area contributed by atoms with Gasteiger partial charge < -0.3 is 4.74 Å². The third kappa shape index (κ3) is 0.443. The molecule has 0 bridgehead atoms. The van der Waals surface area contributed by atoms with Gasteiger partial charge in [-0.2, -0.15) is 0 Å². The zero-order valence-corrected chi connectivity index (χ0v) is 5.79. The van der Waals surface area contributed by atoms with Gasteiger partial charge in [-0.05, 0) is 0 Å². The molecule has 2 atom stereocenters. The van der Waals surface area contributed by atoms with E-state index >= 15 is 0 Å². The highest BCUT2D eigenvalue weighted by Gasteiger charge is 2.62. The van der Waals surface area contributed by atoms with E-state index in [1.165, 1.54) is 0 Å². The molecule has 2 rings (SSSR count). The zero-order valence-electron chi connectivity index (χ0n) is 5.79. The Hall–Kier alpha value is -0.530. The van der Waals surface area contributed by atoms with Crippen LogP contribution in [0.1, 0.15) is 13.8 Å². The number of rotatable bonds is 0. The highest BCUT2D eigenvalue weighted by Crippen LogP contribution is 2.54. The molecule has 1 aliphatic carbocycles. The minimum Gasteiger partial charge on any atom is -0.475 e. The lowest BCUT2D eigenvalue weighted by Gasteiger charge is -2.05. The standard InChI is InChI=1S/C7H11NO/c1-5-6(2)7(5)3-8-4-9-7/h4-6H,3H2,1-2H3. The molecular formula is C7H11NO. The first-order chi connectivity index (χ1) is 4.27. The van der Waals surface area contributed by atoms with Gasteiger partial charge in [0.25, 0.3) is 0 Å². The van der Waals surface area contributed by atoms with Gasteiger partial charge in [0.2, 0.25) is 0 Å². The first-order valence-corrected chi connectivity index (χ1v) is 3.43. The van der Waals surface area contributed by atoms with Crippen LogP contribution in [-0.2, 0) is 4.74 Å². The van der Waals surface area contributed by atoms with Crippen LogP contribution in [0.4, 0.5) is 0 Å². The molecule has 9 heavy (non-hydrogen) atoms. The van der Waals surface area contributed by atoms with Crippen LogP contribution in [-0.4, -0.2) is 18.5 Å². The van der Waals surface area contributed by atoms with Crippen molar-refractivity contribution in [3.8, 4) is 0 Å². The summed E-state index contributed by atoms with van der Waals surface area (Å²) in [6, 6.07) is 0. The van der Waals surface area contributed by atoms with Crippen molar-refractivity contribution >= 4 is 6.40 Å². The highest BCUT2D eigenvalue weighted by molar-refractivity contribution is 5.52. The fraction of sp³-hybridized carbons (Fsp3) is 0.857. The highest BCUT2D eigenvalue weighted by atomic mass is 16.5.